The molecule has 3 rings (SSSR count). The number of para-hydroxylation sites is 1. The highest BCUT2D eigenvalue weighted by atomic mass is 19.3. The van der Waals surface area contributed by atoms with E-state index in [2.05, 4.69) is 10.1 Å². The van der Waals surface area contributed by atoms with E-state index >= 15 is 0 Å². The van der Waals surface area contributed by atoms with E-state index in [9.17, 15) is 13.6 Å². The van der Waals surface area contributed by atoms with Gasteiger partial charge in [-0.25, -0.2) is 0 Å². The van der Waals surface area contributed by atoms with Gasteiger partial charge in [0.1, 0.15) is 18.1 Å². The summed E-state index contributed by atoms with van der Waals surface area (Å²) in [4.78, 5) is 12.3. The van der Waals surface area contributed by atoms with Crippen LogP contribution < -0.4 is 19.5 Å². The lowest BCUT2D eigenvalue weighted by molar-refractivity contribution is -0.0511. The van der Waals surface area contributed by atoms with Crippen LogP contribution in [0.15, 0.2) is 65.1 Å². The second-order valence-electron chi connectivity index (χ2n) is 5.57. The van der Waals surface area contributed by atoms with Crippen LogP contribution in [0, 0.1) is 0 Å². The minimum Gasteiger partial charge on any atom is -0.493 e. The molecule has 1 aromatic heterocycles. The van der Waals surface area contributed by atoms with Crippen molar-refractivity contribution in [3.8, 4) is 17.2 Å². The molecule has 0 bridgehead atoms. The molecule has 0 spiro atoms. The molecule has 1 amide bonds. The van der Waals surface area contributed by atoms with Gasteiger partial charge in [-0.15, -0.1) is 0 Å². The van der Waals surface area contributed by atoms with Gasteiger partial charge in [0.25, 0.3) is 5.91 Å². The molecule has 0 aliphatic rings. The second kappa shape index (κ2) is 8.90. The highest BCUT2D eigenvalue weighted by Crippen LogP contribution is 2.31. The molecule has 6 nitrogen and oxygen atoms in total. The van der Waals surface area contributed by atoms with Crippen LogP contribution in [0.25, 0.3) is 0 Å². The number of halogens is 2. The molecule has 1 N–H and O–H groups in total. The minimum absolute atomic E-state index is 0.0545. The van der Waals surface area contributed by atoms with Crippen molar-refractivity contribution in [1.82, 2.24) is 0 Å². The Bertz CT molecular complexity index is 927. The Hall–Kier alpha value is -3.55. The number of furan rings is 1. The Balaban J connectivity index is 1.64. The highest BCUT2D eigenvalue weighted by molar-refractivity contribution is 6.02. The van der Waals surface area contributed by atoms with E-state index in [4.69, 9.17) is 13.9 Å². The zero-order valence-electron chi connectivity index (χ0n) is 14.9. The number of rotatable bonds is 8. The van der Waals surface area contributed by atoms with Crippen molar-refractivity contribution in [2.24, 2.45) is 0 Å². The van der Waals surface area contributed by atoms with Crippen LogP contribution in [0.5, 0.6) is 17.2 Å². The van der Waals surface area contributed by atoms with Gasteiger partial charge in [-0.2, -0.15) is 8.78 Å². The highest BCUT2D eigenvalue weighted by Gasteiger charge is 2.15. The van der Waals surface area contributed by atoms with Gasteiger partial charge in [0.15, 0.2) is 17.3 Å². The summed E-state index contributed by atoms with van der Waals surface area (Å²) in [5.74, 6) is 0.585. The lowest BCUT2D eigenvalue weighted by atomic mass is 10.2. The largest absolute Gasteiger partial charge is 0.493 e. The molecule has 0 saturated carbocycles. The van der Waals surface area contributed by atoms with Crippen LogP contribution in [0.1, 0.15) is 16.3 Å². The monoisotopic (exact) mass is 389 g/mol. The molecule has 0 saturated heterocycles. The molecule has 0 aliphatic heterocycles. The molecule has 28 heavy (non-hydrogen) atoms. The first-order valence-corrected chi connectivity index (χ1v) is 8.26. The van der Waals surface area contributed by atoms with E-state index in [-0.39, 0.29) is 29.6 Å². The van der Waals surface area contributed by atoms with Gasteiger partial charge < -0.3 is 23.9 Å². The Morgan fingerprint density at radius 3 is 2.57 bits per heavy atom. The Morgan fingerprint density at radius 2 is 1.86 bits per heavy atom. The predicted octanol–water partition coefficient (Wildman–Crippen LogP) is 4.72. The fraction of sp³-hybridized carbons (Fsp3) is 0.150. The lowest BCUT2D eigenvalue weighted by Crippen LogP contribution is -2.11. The summed E-state index contributed by atoms with van der Waals surface area (Å²) >= 11 is 0. The maximum atomic E-state index is 12.5. The maximum absolute atomic E-state index is 12.5. The third kappa shape index (κ3) is 5.00. The van der Waals surface area contributed by atoms with E-state index in [0.29, 0.717) is 11.5 Å². The number of nitrogens with one attached hydrogen (secondary N) is 1. The number of anilines is 1. The lowest BCUT2D eigenvalue weighted by Gasteiger charge is -2.11. The quantitative estimate of drug-likeness (QED) is 0.604. The SMILES string of the molecule is COc1ccc(NC(=O)c2ccc(COc3ccccc3)o2)cc1OC(F)F. The molecule has 0 fully saturated rings. The first-order valence-electron chi connectivity index (χ1n) is 8.26. The van der Waals surface area contributed by atoms with Crippen molar-refractivity contribution in [2.75, 3.05) is 12.4 Å². The number of amides is 1. The predicted molar refractivity (Wildman–Crippen MR) is 97.1 cm³/mol. The van der Waals surface area contributed by atoms with Crippen LogP contribution in [0.4, 0.5) is 14.5 Å². The van der Waals surface area contributed by atoms with Crippen LogP contribution in [0.3, 0.4) is 0 Å². The number of alkyl halides is 2. The molecule has 146 valence electrons. The molecular weight excluding hydrogens is 372 g/mol. The van der Waals surface area contributed by atoms with Gasteiger partial charge in [-0.3, -0.25) is 4.79 Å². The third-order valence-electron chi connectivity index (χ3n) is 3.65. The number of hydrogen-bond donors (Lipinski definition) is 1. The Kier molecular flexibility index (Phi) is 6.11. The molecule has 2 aromatic carbocycles. The van der Waals surface area contributed by atoms with Crippen molar-refractivity contribution >= 4 is 11.6 Å². The standard InChI is InChI=1S/C20H17F2NO5/c1-25-16-9-7-13(11-18(16)28-20(21)22)23-19(24)17-10-8-15(27-17)12-26-14-5-3-2-4-6-14/h2-11,20H,12H2,1H3,(H,23,24). The Labute approximate surface area is 159 Å². The average Bonchev–Trinajstić information content (AvgIpc) is 3.16. The van der Waals surface area contributed by atoms with Gasteiger partial charge in [0, 0.05) is 11.8 Å². The van der Waals surface area contributed by atoms with Crippen molar-refractivity contribution in [1.29, 1.82) is 0 Å². The van der Waals surface area contributed by atoms with Crippen LogP contribution in [0.2, 0.25) is 0 Å². The van der Waals surface area contributed by atoms with Gasteiger partial charge in [0.05, 0.1) is 7.11 Å². The van der Waals surface area contributed by atoms with E-state index in [0.717, 1.165) is 0 Å². The van der Waals surface area contributed by atoms with E-state index in [1.807, 2.05) is 18.2 Å². The summed E-state index contributed by atoms with van der Waals surface area (Å²) in [6.07, 6.45) is 0. The van der Waals surface area contributed by atoms with Gasteiger partial charge in [-0.1, -0.05) is 18.2 Å². The van der Waals surface area contributed by atoms with Crippen LogP contribution >= 0.6 is 0 Å². The average molecular weight is 389 g/mol. The van der Waals surface area contributed by atoms with Crippen molar-refractivity contribution in [3.63, 3.8) is 0 Å². The first kappa shape index (κ1) is 19.2. The number of methoxy groups -OCH3 is 1. The summed E-state index contributed by atoms with van der Waals surface area (Å²) in [6.45, 7) is -2.86. The van der Waals surface area contributed by atoms with Crippen LogP contribution in [-0.4, -0.2) is 19.6 Å². The summed E-state index contributed by atoms with van der Waals surface area (Å²) < 4.78 is 45.4. The number of carbonyl (C=O) groups excluding carboxylic acids is 1. The fourth-order valence-electron chi connectivity index (χ4n) is 2.38. The molecule has 1 heterocycles. The zero-order chi connectivity index (χ0) is 19.9. The number of ether oxygens (including phenoxy) is 3. The van der Waals surface area contributed by atoms with Gasteiger partial charge in [-0.05, 0) is 36.4 Å². The molecule has 0 atom stereocenters. The maximum Gasteiger partial charge on any atom is 0.387 e. The summed E-state index contributed by atoms with van der Waals surface area (Å²) in [5, 5.41) is 2.56. The van der Waals surface area contributed by atoms with Crippen molar-refractivity contribution < 1.29 is 32.2 Å². The third-order valence-corrected chi connectivity index (χ3v) is 3.65. The smallest absolute Gasteiger partial charge is 0.387 e. The normalized spacial score (nSPS) is 10.6. The number of benzene rings is 2. The van der Waals surface area contributed by atoms with Crippen molar-refractivity contribution in [2.45, 2.75) is 13.2 Å². The Morgan fingerprint density at radius 1 is 1.07 bits per heavy atom. The second-order valence-corrected chi connectivity index (χ2v) is 5.57. The number of carbonyl (C=O) groups is 1. The topological polar surface area (TPSA) is 69.9 Å². The molecule has 0 radical (unpaired) electrons. The summed E-state index contributed by atoms with van der Waals surface area (Å²) in [6, 6.07) is 16.4. The van der Waals surface area contributed by atoms with E-state index in [1.165, 1.54) is 31.4 Å². The molecule has 8 heteroatoms. The fourth-order valence-corrected chi connectivity index (χ4v) is 2.38. The molecule has 0 aliphatic carbocycles. The van der Waals surface area contributed by atoms with Gasteiger partial charge in [0.2, 0.25) is 0 Å². The molecular formula is C20H17F2NO5. The van der Waals surface area contributed by atoms with E-state index < -0.39 is 12.5 Å². The molecule has 3 aromatic rings. The van der Waals surface area contributed by atoms with Crippen molar-refractivity contribution in [3.05, 3.63) is 72.2 Å². The molecule has 0 unspecified atom stereocenters. The van der Waals surface area contributed by atoms with E-state index in [1.54, 1.807) is 18.2 Å². The minimum atomic E-state index is -3.02. The van der Waals surface area contributed by atoms with Crippen LogP contribution in [-0.2, 0) is 6.61 Å². The first-order chi connectivity index (χ1) is 13.5. The summed E-state index contributed by atoms with van der Waals surface area (Å²) in [7, 11) is 1.33. The van der Waals surface area contributed by atoms with Gasteiger partial charge >= 0.3 is 6.61 Å². The zero-order valence-corrected chi connectivity index (χ0v) is 14.9. The summed E-state index contributed by atoms with van der Waals surface area (Å²) in [5.41, 5.74) is 0.250. The number of hydrogen-bond acceptors (Lipinski definition) is 5.